The minimum Gasteiger partial charge on any atom is -0.351 e. The first-order chi connectivity index (χ1) is 10.6. The monoisotopic (exact) mass is 303 g/mol. The summed E-state index contributed by atoms with van der Waals surface area (Å²) in [5, 5.41) is 10.3. The molecule has 2 aromatic rings. The third kappa shape index (κ3) is 2.32. The number of fused-ring (bicyclic) bond motifs is 1. The van der Waals surface area contributed by atoms with Crippen LogP contribution in [0.4, 0.5) is 16.0 Å². The van der Waals surface area contributed by atoms with Crippen LogP contribution in [-0.2, 0) is 6.54 Å². The Labute approximate surface area is 125 Å². The molecule has 2 heterocycles. The third-order valence-electron chi connectivity index (χ3n) is 3.41. The molecule has 1 aliphatic heterocycles. The molecule has 0 unspecified atom stereocenters. The molecular weight excluding hydrogens is 289 g/mol. The lowest BCUT2D eigenvalue weighted by Gasteiger charge is -2.16. The Hall–Kier alpha value is -2.77. The Kier molecular flexibility index (Phi) is 3.58. The quantitative estimate of drug-likeness (QED) is 0.902. The predicted molar refractivity (Wildman–Crippen MR) is 77.7 cm³/mol. The topological polar surface area (TPSA) is 80.1 Å². The predicted octanol–water partition coefficient (Wildman–Crippen LogP) is 0.679. The van der Waals surface area contributed by atoms with Crippen molar-refractivity contribution in [1.29, 1.82) is 0 Å². The maximum atomic E-state index is 13.0. The van der Waals surface area contributed by atoms with Gasteiger partial charge in [-0.15, -0.1) is 10.2 Å². The normalized spacial score (nSPS) is 13.1. The van der Waals surface area contributed by atoms with E-state index < -0.39 is 11.5 Å². The van der Waals surface area contributed by atoms with Gasteiger partial charge in [-0.3, -0.25) is 14.2 Å². The molecule has 3 rings (SSSR count). The molecule has 7 nitrogen and oxygen atoms in total. The van der Waals surface area contributed by atoms with Gasteiger partial charge in [0.15, 0.2) is 0 Å². The Morgan fingerprint density at radius 3 is 2.68 bits per heavy atom. The number of aromatic nitrogens is 3. The summed E-state index contributed by atoms with van der Waals surface area (Å²) in [6.07, 6.45) is 0. The Morgan fingerprint density at radius 2 is 2.00 bits per heavy atom. The SMILES string of the molecule is CCNC(=O)c1nnc2n(c1=O)CCN2c1ccc(F)cc1. The molecule has 22 heavy (non-hydrogen) atoms. The van der Waals surface area contributed by atoms with E-state index in [1.807, 2.05) is 0 Å². The van der Waals surface area contributed by atoms with E-state index in [-0.39, 0.29) is 11.5 Å². The van der Waals surface area contributed by atoms with Crippen LogP contribution in [0, 0.1) is 5.82 Å². The zero-order valence-corrected chi connectivity index (χ0v) is 11.9. The van der Waals surface area contributed by atoms with Gasteiger partial charge in [-0.25, -0.2) is 4.39 Å². The summed E-state index contributed by atoms with van der Waals surface area (Å²) >= 11 is 0. The molecule has 114 valence electrons. The Morgan fingerprint density at radius 1 is 1.27 bits per heavy atom. The number of carbonyl (C=O) groups excluding carboxylic acids is 1. The second kappa shape index (κ2) is 5.55. The summed E-state index contributed by atoms with van der Waals surface area (Å²) in [5.41, 5.74) is 0.0271. The fraction of sp³-hybridized carbons (Fsp3) is 0.286. The lowest BCUT2D eigenvalue weighted by molar-refractivity contribution is 0.0947. The summed E-state index contributed by atoms with van der Waals surface area (Å²) in [5.74, 6) is -0.516. The molecule has 0 spiro atoms. The van der Waals surface area contributed by atoms with E-state index in [1.54, 1.807) is 24.0 Å². The van der Waals surface area contributed by atoms with Crippen molar-refractivity contribution in [2.75, 3.05) is 18.0 Å². The summed E-state index contributed by atoms with van der Waals surface area (Å²) in [6, 6.07) is 5.89. The van der Waals surface area contributed by atoms with Crippen LogP contribution < -0.4 is 15.8 Å². The number of rotatable bonds is 3. The Balaban J connectivity index is 1.99. The lowest BCUT2D eigenvalue weighted by Crippen LogP contribution is -2.34. The van der Waals surface area contributed by atoms with Crippen molar-refractivity contribution < 1.29 is 9.18 Å². The zero-order chi connectivity index (χ0) is 15.7. The molecule has 1 aromatic heterocycles. The molecule has 8 heteroatoms. The molecule has 0 saturated heterocycles. The van der Waals surface area contributed by atoms with Crippen LogP contribution in [0.3, 0.4) is 0 Å². The van der Waals surface area contributed by atoms with Crippen molar-refractivity contribution in [2.24, 2.45) is 0 Å². The first kappa shape index (κ1) is 14.2. The van der Waals surface area contributed by atoms with Crippen molar-refractivity contribution in [3.63, 3.8) is 0 Å². The van der Waals surface area contributed by atoms with E-state index in [4.69, 9.17) is 0 Å². The molecule has 0 fully saturated rings. The van der Waals surface area contributed by atoms with Gasteiger partial charge < -0.3 is 10.2 Å². The number of halogens is 1. The maximum absolute atomic E-state index is 13.0. The molecule has 0 bridgehead atoms. The molecular formula is C14H14FN5O2. The number of nitrogens with one attached hydrogen (secondary N) is 1. The van der Waals surface area contributed by atoms with Crippen molar-refractivity contribution >= 4 is 17.5 Å². The zero-order valence-electron chi connectivity index (χ0n) is 11.9. The standard InChI is InChI=1S/C14H14FN5O2/c1-2-16-12(21)11-13(22)20-8-7-19(14(20)18-17-11)10-5-3-9(15)4-6-10/h3-6H,2,7-8H2,1H3,(H,16,21). The van der Waals surface area contributed by atoms with Crippen LogP contribution in [-0.4, -0.2) is 33.8 Å². The van der Waals surface area contributed by atoms with Crippen LogP contribution in [0.25, 0.3) is 0 Å². The largest absolute Gasteiger partial charge is 0.351 e. The summed E-state index contributed by atoms with van der Waals surface area (Å²) in [4.78, 5) is 25.9. The molecule has 1 amide bonds. The number of carbonyl (C=O) groups is 1. The highest BCUT2D eigenvalue weighted by molar-refractivity contribution is 5.91. The van der Waals surface area contributed by atoms with Gasteiger partial charge in [-0.1, -0.05) is 0 Å². The van der Waals surface area contributed by atoms with Gasteiger partial charge in [-0.05, 0) is 31.2 Å². The molecule has 1 aromatic carbocycles. The van der Waals surface area contributed by atoms with Gasteiger partial charge in [0, 0.05) is 25.3 Å². The highest BCUT2D eigenvalue weighted by Gasteiger charge is 2.26. The number of nitrogens with zero attached hydrogens (tertiary/aromatic N) is 4. The molecule has 0 atom stereocenters. The van der Waals surface area contributed by atoms with Gasteiger partial charge in [0.1, 0.15) is 5.82 Å². The highest BCUT2D eigenvalue weighted by Crippen LogP contribution is 2.26. The minimum atomic E-state index is -0.532. The van der Waals surface area contributed by atoms with Gasteiger partial charge in [0.2, 0.25) is 11.6 Å². The second-order valence-electron chi connectivity index (χ2n) is 4.79. The van der Waals surface area contributed by atoms with Crippen LogP contribution in [0.1, 0.15) is 17.4 Å². The fourth-order valence-electron chi connectivity index (χ4n) is 2.36. The van der Waals surface area contributed by atoms with Gasteiger partial charge in [-0.2, -0.15) is 0 Å². The van der Waals surface area contributed by atoms with E-state index in [9.17, 15) is 14.0 Å². The summed E-state index contributed by atoms with van der Waals surface area (Å²) in [7, 11) is 0. The fourth-order valence-corrected chi connectivity index (χ4v) is 2.36. The summed E-state index contributed by atoms with van der Waals surface area (Å²) < 4.78 is 14.4. The van der Waals surface area contributed by atoms with Crippen molar-refractivity contribution in [2.45, 2.75) is 13.5 Å². The Bertz CT molecular complexity index is 772. The number of benzene rings is 1. The van der Waals surface area contributed by atoms with Crippen molar-refractivity contribution in [1.82, 2.24) is 20.1 Å². The van der Waals surface area contributed by atoms with Gasteiger partial charge in [0.05, 0.1) is 0 Å². The number of anilines is 2. The third-order valence-corrected chi connectivity index (χ3v) is 3.41. The minimum absolute atomic E-state index is 0.216. The van der Waals surface area contributed by atoms with E-state index in [0.717, 1.165) is 0 Å². The average Bonchev–Trinajstić information content (AvgIpc) is 2.93. The van der Waals surface area contributed by atoms with Gasteiger partial charge in [0.25, 0.3) is 11.5 Å². The van der Waals surface area contributed by atoms with Crippen LogP contribution in [0.2, 0.25) is 0 Å². The first-order valence-corrected chi connectivity index (χ1v) is 6.90. The van der Waals surface area contributed by atoms with E-state index >= 15 is 0 Å². The van der Waals surface area contributed by atoms with E-state index in [1.165, 1.54) is 16.7 Å². The molecule has 1 N–H and O–H groups in total. The van der Waals surface area contributed by atoms with Crippen molar-refractivity contribution in [3.8, 4) is 0 Å². The number of hydrogen-bond acceptors (Lipinski definition) is 5. The number of amides is 1. The molecule has 0 radical (unpaired) electrons. The lowest BCUT2D eigenvalue weighted by atomic mass is 10.3. The molecule has 0 saturated carbocycles. The van der Waals surface area contributed by atoms with Crippen molar-refractivity contribution in [3.05, 3.63) is 46.1 Å². The maximum Gasteiger partial charge on any atom is 0.286 e. The van der Waals surface area contributed by atoms with E-state index in [0.29, 0.717) is 31.3 Å². The van der Waals surface area contributed by atoms with Crippen LogP contribution in [0.15, 0.2) is 29.1 Å². The first-order valence-electron chi connectivity index (χ1n) is 6.90. The van der Waals surface area contributed by atoms with Gasteiger partial charge >= 0.3 is 0 Å². The van der Waals surface area contributed by atoms with Crippen LogP contribution >= 0.6 is 0 Å². The molecule has 1 aliphatic rings. The van der Waals surface area contributed by atoms with Crippen LogP contribution in [0.5, 0.6) is 0 Å². The number of hydrogen-bond donors (Lipinski definition) is 1. The summed E-state index contributed by atoms with van der Waals surface area (Å²) in [6.45, 7) is 3.07. The highest BCUT2D eigenvalue weighted by atomic mass is 19.1. The van der Waals surface area contributed by atoms with E-state index in [2.05, 4.69) is 15.5 Å². The smallest absolute Gasteiger partial charge is 0.286 e. The average molecular weight is 303 g/mol. The molecule has 0 aliphatic carbocycles. The second-order valence-corrected chi connectivity index (χ2v) is 4.79.